The average molecular weight is 748 g/mol. The van der Waals surface area contributed by atoms with Crippen LogP contribution >= 0.6 is 23.2 Å². The van der Waals surface area contributed by atoms with Crippen LogP contribution in [0.2, 0.25) is 10.0 Å². The molecule has 0 aliphatic heterocycles. The van der Waals surface area contributed by atoms with Crippen LogP contribution in [0.5, 0.6) is 11.5 Å². The molecule has 13 heteroatoms. The minimum absolute atomic E-state index is 0.0588. The minimum Gasteiger partial charge on any atom is -0.505 e. The maximum atomic E-state index is 15.9. The molecular formula is C39H30Cl2F2N2O7. The summed E-state index contributed by atoms with van der Waals surface area (Å²) in [7, 11) is 0. The number of phenols is 1. The van der Waals surface area contributed by atoms with E-state index in [1.165, 1.54) is 70.7 Å². The summed E-state index contributed by atoms with van der Waals surface area (Å²) in [6, 6.07) is 16.3. The Hall–Kier alpha value is -5.52. The first-order chi connectivity index (χ1) is 24.6. The van der Waals surface area contributed by atoms with Gasteiger partial charge in [-0.25, -0.2) is 8.78 Å². The molecule has 9 nitrogen and oxygen atoms in total. The largest absolute Gasteiger partial charge is 0.505 e. The fourth-order valence-electron chi connectivity index (χ4n) is 6.64. The number of aliphatic carboxylic acids is 1. The molecule has 0 aliphatic rings. The molecule has 4 aromatic carbocycles. The molecule has 0 bridgehead atoms. The summed E-state index contributed by atoms with van der Waals surface area (Å²) in [5.41, 5.74) is 1.54. The molecule has 1 atom stereocenters. The van der Waals surface area contributed by atoms with Gasteiger partial charge in [0.1, 0.15) is 0 Å². The van der Waals surface area contributed by atoms with Gasteiger partial charge in [-0.2, -0.15) is 0 Å². The topological polar surface area (TPSA) is 128 Å². The van der Waals surface area contributed by atoms with Crippen molar-refractivity contribution in [2.75, 3.05) is 0 Å². The van der Waals surface area contributed by atoms with Crippen molar-refractivity contribution in [1.82, 2.24) is 9.13 Å². The van der Waals surface area contributed by atoms with Gasteiger partial charge in [-0.05, 0) is 91.6 Å². The molecule has 0 radical (unpaired) electrons. The van der Waals surface area contributed by atoms with E-state index in [0.717, 1.165) is 18.2 Å². The summed E-state index contributed by atoms with van der Waals surface area (Å²) in [5, 5.41) is 21.2. The Kier molecular flexibility index (Phi) is 9.69. The van der Waals surface area contributed by atoms with E-state index in [4.69, 9.17) is 27.9 Å². The van der Waals surface area contributed by atoms with Gasteiger partial charge in [0.2, 0.25) is 0 Å². The highest BCUT2D eigenvalue weighted by atomic mass is 35.5. The van der Waals surface area contributed by atoms with E-state index in [2.05, 4.69) is 0 Å². The Morgan fingerprint density at radius 2 is 1.25 bits per heavy atom. The first-order valence-corrected chi connectivity index (χ1v) is 16.8. The minimum atomic E-state index is -1.21. The number of carbonyl (C=O) groups is 4. The van der Waals surface area contributed by atoms with Crippen LogP contribution in [-0.4, -0.2) is 43.1 Å². The lowest BCUT2D eigenvalue weighted by Crippen LogP contribution is -2.25. The summed E-state index contributed by atoms with van der Waals surface area (Å²) in [6.45, 7) is 6.51. The molecule has 0 saturated carbocycles. The molecule has 0 aliphatic carbocycles. The van der Waals surface area contributed by atoms with Crippen molar-refractivity contribution in [1.29, 1.82) is 0 Å². The third-order valence-electron chi connectivity index (χ3n) is 9.07. The number of rotatable bonds is 8. The van der Waals surface area contributed by atoms with Crippen molar-refractivity contribution in [2.45, 2.75) is 40.0 Å². The quantitative estimate of drug-likeness (QED) is 0.118. The smallest absolute Gasteiger partial charge is 0.319 e. The summed E-state index contributed by atoms with van der Waals surface area (Å²) < 4.78 is 38.9. The maximum absolute atomic E-state index is 15.9. The summed E-state index contributed by atoms with van der Waals surface area (Å²) in [6.07, 6.45) is -0.517. The van der Waals surface area contributed by atoms with E-state index in [1.54, 1.807) is 20.8 Å². The van der Waals surface area contributed by atoms with Crippen LogP contribution in [0.15, 0.2) is 72.8 Å². The molecule has 0 amide bonds. The molecule has 0 saturated heterocycles. The predicted octanol–water partition coefficient (Wildman–Crippen LogP) is 8.85. The van der Waals surface area contributed by atoms with Gasteiger partial charge in [0, 0.05) is 55.5 Å². The number of hydrogen-bond donors (Lipinski definition) is 2. The molecule has 52 heavy (non-hydrogen) atoms. The third-order valence-corrected chi connectivity index (χ3v) is 9.57. The molecule has 6 aromatic rings. The number of aromatic hydroxyl groups is 1. The zero-order valence-electron chi connectivity index (χ0n) is 28.1. The van der Waals surface area contributed by atoms with Gasteiger partial charge in [-0.3, -0.25) is 28.3 Å². The number of aromatic nitrogens is 2. The SMILES string of the molecule is Cc1c(CC(=O)O)c2cc(OC(=O)C(c3c(C)n(C(=O)c4ccc(Cl)cc4)c4cc(F)c(O)cc34)C(C)C)c(F)cc2n1C(=O)c1ccc(Cl)cc1. The number of nitrogens with zero attached hydrogens (tertiary/aromatic N) is 2. The van der Waals surface area contributed by atoms with Crippen LogP contribution in [-0.2, 0) is 16.0 Å². The van der Waals surface area contributed by atoms with Crippen LogP contribution in [0.1, 0.15) is 63.0 Å². The van der Waals surface area contributed by atoms with Crippen molar-refractivity contribution < 1.29 is 42.9 Å². The molecule has 1 unspecified atom stereocenters. The van der Waals surface area contributed by atoms with Crippen molar-refractivity contribution in [3.05, 3.63) is 128 Å². The van der Waals surface area contributed by atoms with Crippen LogP contribution in [0.3, 0.4) is 0 Å². The zero-order chi connectivity index (χ0) is 37.8. The van der Waals surface area contributed by atoms with E-state index in [9.17, 15) is 33.8 Å². The number of esters is 1. The fourth-order valence-corrected chi connectivity index (χ4v) is 6.89. The van der Waals surface area contributed by atoms with Gasteiger partial charge in [0.05, 0.1) is 23.4 Å². The standard InChI is InChI=1S/C39H30Cl2F2N2O7/c1-18(2)35(36-20(4)45(31-16-28(42)32(46)13-27(31)36)38(50)22-7-11-24(41)12-8-22)39(51)52-33-14-26-25(15-34(47)48)19(3)44(30(26)17-29(33)43)37(49)21-5-9-23(40)10-6-21/h5-14,16-18,35,46H,15H2,1-4H3,(H,47,48). The number of benzene rings is 4. The molecule has 0 fully saturated rings. The number of fused-ring (bicyclic) bond motifs is 2. The molecule has 0 spiro atoms. The molecule has 6 rings (SSSR count). The number of carbonyl (C=O) groups excluding carboxylic acids is 3. The average Bonchev–Trinajstić information content (AvgIpc) is 3.49. The maximum Gasteiger partial charge on any atom is 0.319 e. The van der Waals surface area contributed by atoms with Gasteiger partial charge in [-0.15, -0.1) is 0 Å². The van der Waals surface area contributed by atoms with Gasteiger partial charge in [0.25, 0.3) is 11.8 Å². The highest BCUT2D eigenvalue weighted by Gasteiger charge is 2.35. The molecule has 2 N–H and O–H groups in total. The van der Waals surface area contributed by atoms with E-state index in [-0.39, 0.29) is 55.4 Å². The molecule has 266 valence electrons. The van der Waals surface area contributed by atoms with Crippen molar-refractivity contribution in [2.24, 2.45) is 5.92 Å². The van der Waals surface area contributed by atoms with Crippen LogP contribution < -0.4 is 4.74 Å². The van der Waals surface area contributed by atoms with E-state index in [0.29, 0.717) is 10.0 Å². The second-order valence-corrected chi connectivity index (χ2v) is 13.6. The van der Waals surface area contributed by atoms with E-state index in [1.807, 2.05) is 0 Å². The number of halogens is 4. The second kappa shape index (κ2) is 13.9. The highest BCUT2D eigenvalue weighted by Crippen LogP contribution is 2.40. The number of ether oxygens (including phenoxy) is 1. The summed E-state index contributed by atoms with van der Waals surface area (Å²) in [5.74, 6) is -8.19. The number of hydrogen-bond acceptors (Lipinski definition) is 6. The normalized spacial score (nSPS) is 12.1. The Morgan fingerprint density at radius 1 is 0.750 bits per heavy atom. The molecular weight excluding hydrogens is 717 g/mol. The number of carboxylic acids is 1. The number of carboxylic acid groups (broad SMARTS) is 1. The second-order valence-electron chi connectivity index (χ2n) is 12.7. The third kappa shape index (κ3) is 6.42. The van der Waals surface area contributed by atoms with Crippen LogP contribution in [0.25, 0.3) is 21.8 Å². The monoisotopic (exact) mass is 746 g/mol. The van der Waals surface area contributed by atoms with Crippen LogP contribution in [0.4, 0.5) is 8.78 Å². The predicted molar refractivity (Wildman–Crippen MR) is 192 cm³/mol. The van der Waals surface area contributed by atoms with Gasteiger partial charge >= 0.3 is 11.9 Å². The lowest BCUT2D eigenvalue weighted by atomic mass is 9.86. The van der Waals surface area contributed by atoms with E-state index >= 15 is 4.39 Å². The molecule has 2 heterocycles. The Bertz CT molecular complexity index is 2450. The fraction of sp³-hybridized carbons (Fsp3) is 0.179. The first-order valence-electron chi connectivity index (χ1n) is 16.0. The Morgan fingerprint density at radius 3 is 1.77 bits per heavy atom. The Labute approximate surface area is 305 Å². The summed E-state index contributed by atoms with van der Waals surface area (Å²) in [4.78, 5) is 53.5. The van der Waals surface area contributed by atoms with Gasteiger partial charge < -0.3 is 14.9 Å². The zero-order valence-corrected chi connectivity index (χ0v) is 29.6. The van der Waals surface area contributed by atoms with E-state index < -0.39 is 65.1 Å². The highest BCUT2D eigenvalue weighted by molar-refractivity contribution is 6.31. The summed E-state index contributed by atoms with van der Waals surface area (Å²) >= 11 is 12.0. The van der Waals surface area contributed by atoms with Crippen LogP contribution in [0, 0.1) is 31.4 Å². The van der Waals surface area contributed by atoms with Crippen molar-refractivity contribution in [3.8, 4) is 11.5 Å². The number of phenolic OH excluding ortho intramolecular Hbond substituents is 1. The van der Waals surface area contributed by atoms with Gasteiger partial charge in [-0.1, -0.05) is 37.0 Å². The molecule has 2 aromatic heterocycles. The lowest BCUT2D eigenvalue weighted by Gasteiger charge is -2.21. The lowest BCUT2D eigenvalue weighted by molar-refractivity contribution is -0.138. The van der Waals surface area contributed by atoms with Crippen molar-refractivity contribution >= 4 is 68.8 Å². The first kappa shape index (κ1) is 36.3. The van der Waals surface area contributed by atoms with Gasteiger partial charge in [0.15, 0.2) is 23.1 Å². The Balaban J connectivity index is 1.47. The van der Waals surface area contributed by atoms with Crippen molar-refractivity contribution in [3.63, 3.8) is 0 Å².